The first kappa shape index (κ1) is 31.6. The van der Waals surface area contributed by atoms with Gasteiger partial charge in [-0.25, -0.2) is 0 Å². The molecule has 2 heterocycles. The van der Waals surface area contributed by atoms with E-state index in [0.717, 1.165) is 21.7 Å². The number of para-hydroxylation sites is 1. The van der Waals surface area contributed by atoms with Crippen molar-refractivity contribution >= 4 is 29.3 Å². The van der Waals surface area contributed by atoms with Crippen LogP contribution in [0.25, 0.3) is 0 Å². The van der Waals surface area contributed by atoms with Crippen LogP contribution in [0, 0.1) is 30.6 Å². The van der Waals surface area contributed by atoms with Gasteiger partial charge in [-0.1, -0.05) is 90.0 Å². The van der Waals surface area contributed by atoms with Gasteiger partial charge >= 0.3 is 0 Å². The van der Waals surface area contributed by atoms with Crippen LogP contribution in [-0.2, 0) is 31.0 Å². The molecular formula is C41H37N3O6. The van der Waals surface area contributed by atoms with Gasteiger partial charge in [0.25, 0.3) is 11.8 Å². The van der Waals surface area contributed by atoms with Crippen molar-refractivity contribution in [2.45, 2.75) is 37.5 Å². The number of nitrogens with one attached hydrogen (secondary N) is 1. The Balaban J connectivity index is 1.24. The number of anilines is 1. The average Bonchev–Trinajstić information content (AvgIpc) is 3.50. The van der Waals surface area contributed by atoms with Crippen molar-refractivity contribution in [3.05, 3.63) is 137 Å². The minimum absolute atomic E-state index is 0.00947. The molecule has 3 fully saturated rings. The zero-order valence-corrected chi connectivity index (χ0v) is 27.5. The number of hydrazine groups is 1. The summed E-state index contributed by atoms with van der Waals surface area (Å²) in [6.45, 7) is 2.15. The van der Waals surface area contributed by atoms with Crippen LogP contribution in [-0.4, -0.2) is 50.3 Å². The topological polar surface area (TPSA) is 127 Å². The Morgan fingerprint density at radius 2 is 1.48 bits per heavy atom. The van der Waals surface area contributed by atoms with Gasteiger partial charge in [0.1, 0.15) is 11.5 Å². The van der Waals surface area contributed by atoms with E-state index in [1.807, 2.05) is 67.6 Å². The molecule has 0 radical (unpaired) electrons. The highest BCUT2D eigenvalue weighted by molar-refractivity contribution is 6.13. The molecule has 0 aromatic heterocycles. The van der Waals surface area contributed by atoms with E-state index in [0.29, 0.717) is 29.7 Å². The SMILES string of the molecule is Cc1ccc(NN2C(=O)C3CC4C(=CCC5C(=O)N(CCc6ccc(O)cc6)C(=O)C54)C(c4ccccc4O)C3(c3ccccc3)C2=O)cc1. The molecule has 2 aliphatic heterocycles. The van der Waals surface area contributed by atoms with Crippen LogP contribution < -0.4 is 5.43 Å². The number of imide groups is 2. The molecule has 2 aliphatic carbocycles. The smallest absolute Gasteiger partial charge is 0.260 e. The molecule has 8 rings (SSSR count). The van der Waals surface area contributed by atoms with Crippen molar-refractivity contribution in [1.29, 1.82) is 0 Å². The Morgan fingerprint density at radius 3 is 2.20 bits per heavy atom. The maximum atomic E-state index is 15.1. The summed E-state index contributed by atoms with van der Waals surface area (Å²) >= 11 is 0. The maximum Gasteiger partial charge on any atom is 0.260 e. The predicted molar refractivity (Wildman–Crippen MR) is 185 cm³/mol. The normalized spacial score (nSPS) is 27.1. The van der Waals surface area contributed by atoms with Crippen LogP contribution in [0.2, 0.25) is 0 Å². The summed E-state index contributed by atoms with van der Waals surface area (Å²) in [4.78, 5) is 59.4. The molecule has 9 heteroatoms. The molecule has 9 nitrogen and oxygen atoms in total. The number of nitrogens with zero attached hydrogens (tertiary/aromatic N) is 2. The summed E-state index contributed by atoms with van der Waals surface area (Å²) in [5.41, 5.74) is 6.10. The third-order valence-corrected chi connectivity index (χ3v) is 11.3. The predicted octanol–water partition coefficient (Wildman–Crippen LogP) is 5.63. The molecule has 252 valence electrons. The molecule has 2 saturated heterocycles. The summed E-state index contributed by atoms with van der Waals surface area (Å²) < 4.78 is 0. The van der Waals surface area contributed by atoms with E-state index in [9.17, 15) is 24.6 Å². The van der Waals surface area contributed by atoms with Crippen molar-refractivity contribution in [3.63, 3.8) is 0 Å². The lowest BCUT2D eigenvalue weighted by Gasteiger charge is -2.50. The van der Waals surface area contributed by atoms with Crippen LogP contribution in [0.5, 0.6) is 11.5 Å². The van der Waals surface area contributed by atoms with E-state index in [2.05, 4.69) is 5.43 Å². The quantitative estimate of drug-likeness (QED) is 0.172. The molecule has 4 aromatic rings. The van der Waals surface area contributed by atoms with Gasteiger partial charge in [-0.3, -0.25) is 29.5 Å². The largest absolute Gasteiger partial charge is 0.508 e. The number of likely N-dealkylation sites (tertiary alicyclic amines) is 1. The Hall–Kier alpha value is -5.70. The van der Waals surface area contributed by atoms with E-state index in [1.54, 1.807) is 48.5 Å². The number of phenols is 2. The fraction of sp³-hybridized carbons (Fsp3) is 0.268. The number of benzene rings is 4. The number of allylic oxidation sites excluding steroid dienone is 2. The van der Waals surface area contributed by atoms with Gasteiger partial charge in [0.15, 0.2) is 0 Å². The van der Waals surface area contributed by atoms with E-state index in [1.165, 1.54) is 4.90 Å². The minimum atomic E-state index is -1.44. The molecule has 0 spiro atoms. The molecule has 6 atom stereocenters. The summed E-state index contributed by atoms with van der Waals surface area (Å²) in [6.07, 6.45) is 2.93. The first-order valence-corrected chi connectivity index (χ1v) is 17.1. The number of aryl methyl sites for hydroxylation is 1. The van der Waals surface area contributed by atoms with E-state index < -0.39 is 46.8 Å². The number of aromatic hydroxyl groups is 2. The van der Waals surface area contributed by atoms with Crippen LogP contribution in [0.15, 0.2) is 115 Å². The molecule has 0 bridgehead atoms. The monoisotopic (exact) mass is 667 g/mol. The molecule has 50 heavy (non-hydrogen) atoms. The van der Waals surface area contributed by atoms with Gasteiger partial charge in [0.05, 0.1) is 28.9 Å². The maximum absolute atomic E-state index is 15.1. The van der Waals surface area contributed by atoms with Gasteiger partial charge in [-0.05, 0) is 73.6 Å². The summed E-state index contributed by atoms with van der Waals surface area (Å²) in [6, 6.07) is 30.3. The number of hydrogen-bond donors (Lipinski definition) is 3. The second kappa shape index (κ2) is 12.0. The summed E-state index contributed by atoms with van der Waals surface area (Å²) in [7, 11) is 0. The van der Waals surface area contributed by atoms with Crippen molar-refractivity contribution in [1.82, 2.24) is 9.91 Å². The summed E-state index contributed by atoms with van der Waals surface area (Å²) in [5.74, 6) is -4.70. The lowest BCUT2D eigenvalue weighted by atomic mass is 9.49. The molecule has 4 aromatic carbocycles. The van der Waals surface area contributed by atoms with Crippen LogP contribution in [0.4, 0.5) is 5.69 Å². The number of amides is 4. The Morgan fingerprint density at radius 1 is 0.780 bits per heavy atom. The number of rotatable bonds is 7. The minimum Gasteiger partial charge on any atom is -0.508 e. The van der Waals surface area contributed by atoms with Crippen LogP contribution in [0.1, 0.15) is 41.0 Å². The fourth-order valence-corrected chi connectivity index (χ4v) is 9.01. The fourth-order valence-electron chi connectivity index (χ4n) is 9.01. The van der Waals surface area contributed by atoms with E-state index >= 15 is 4.79 Å². The molecule has 1 saturated carbocycles. The number of hydrogen-bond acceptors (Lipinski definition) is 7. The molecule has 6 unspecified atom stereocenters. The highest BCUT2D eigenvalue weighted by Crippen LogP contribution is 2.64. The highest BCUT2D eigenvalue weighted by Gasteiger charge is 2.70. The lowest BCUT2D eigenvalue weighted by molar-refractivity contribution is -0.141. The third kappa shape index (κ3) is 4.75. The second-order valence-electron chi connectivity index (χ2n) is 13.9. The Bertz CT molecular complexity index is 2040. The number of carbonyl (C=O) groups excluding carboxylic acids is 4. The first-order valence-electron chi connectivity index (χ1n) is 17.1. The van der Waals surface area contributed by atoms with Gasteiger partial charge in [0, 0.05) is 18.0 Å². The van der Waals surface area contributed by atoms with Gasteiger partial charge in [-0.15, -0.1) is 0 Å². The zero-order valence-electron chi connectivity index (χ0n) is 27.5. The summed E-state index contributed by atoms with van der Waals surface area (Å²) in [5, 5.41) is 22.2. The van der Waals surface area contributed by atoms with Gasteiger partial charge in [-0.2, -0.15) is 5.01 Å². The van der Waals surface area contributed by atoms with Crippen molar-refractivity contribution in [2.75, 3.05) is 12.0 Å². The third-order valence-electron chi connectivity index (χ3n) is 11.3. The van der Waals surface area contributed by atoms with Gasteiger partial charge < -0.3 is 10.2 Å². The number of fused-ring (bicyclic) bond motifs is 4. The molecular weight excluding hydrogens is 630 g/mol. The number of carbonyl (C=O) groups is 4. The van der Waals surface area contributed by atoms with E-state index in [-0.39, 0.29) is 36.3 Å². The second-order valence-corrected chi connectivity index (χ2v) is 13.9. The van der Waals surface area contributed by atoms with Crippen LogP contribution in [0.3, 0.4) is 0 Å². The lowest BCUT2D eigenvalue weighted by Crippen LogP contribution is -2.53. The highest BCUT2D eigenvalue weighted by atomic mass is 16.3. The standard InChI is InChI=1S/C41H37N3O6/c1-24-11-15-27(16-12-24)42-44-38(48)33-23-32-29(19-20-31-35(32)39(49)43(37(31)47)22-21-25-13-17-28(45)18-14-25)36(30-9-5-6-10-34(30)46)41(33,40(44)50)26-7-3-2-4-8-26/h2-19,31-33,35-36,42,45-46H,20-23H2,1H3. The molecule has 4 aliphatic rings. The first-order chi connectivity index (χ1) is 24.2. The zero-order chi connectivity index (χ0) is 34.7. The number of phenolic OH excluding ortho intramolecular Hbond substituents is 2. The van der Waals surface area contributed by atoms with Crippen molar-refractivity contribution in [3.8, 4) is 11.5 Å². The average molecular weight is 668 g/mol. The Labute approximate surface area is 289 Å². The van der Waals surface area contributed by atoms with Crippen molar-refractivity contribution < 1.29 is 29.4 Å². The molecule has 4 amide bonds. The van der Waals surface area contributed by atoms with Gasteiger partial charge in [0.2, 0.25) is 11.8 Å². The van der Waals surface area contributed by atoms with E-state index in [4.69, 9.17) is 0 Å². The van der Waals surface area contributed by atoms with Crippen molar-refractivity contribution in [2.24, 2.45) is 23.7 Å². The van der Waals surface area contributed by atoms with Crippen LogP contribution >= 0.6 is 0 Å². The molecule has 3 N–H and O–H groups in total. The Kier molecular flexibility index (Phi) is 7.58.